The molecule has 1 saturated heterocycles. The van der Waals surface area contributed by atoms with Crippen LogP contribution in [0.3, 0.4) is 0 Å². The van der Waals surface area contributed by atoms with Crippen LogP contribution in [0.5, 0.6) is 0 Å². The molecule has 0 radical (unpaired) electrons. The van der Waals surface area contributed by atoms with Crippen molar-refractivity contribution in [2.24, 2.45) is 0 Å². The van der Waals surface area contributed by atoms with E-state index < -0.39 is 23.8 Å². The first kappa shape index (κ1) is 18.3. The normalized spacial score (nSPS) is 21.3. The molecule has 0 saturated carbocycles. The molecule has 0 aromatic heterocycles. The molecular weight excluding hydrogens is 310 g/mol. The van der Waals surface area contributed by atoms with Gasteiger partial charge >= 0.3 is 12.1 Å². The number of aliphatic hydroxyl groups excluding tert-OH is 1. The van der Waals surface area contributed by atoms with Gasteiger partial charge in [0.1, 0.15) is 5.60 Å². The quantitative estimate of drug-likeness (QED) is 0.841. The highest BCUT2D eigenvalue weighted by Gasteiger charge is 2.33. The molecule has 0 aliphatic carbocycles. The summed E-state index contributed by atoms with van der Waals surface area (Å²) in [5.74, 6) is -0.536. The van der Waals surface area contributed by atoms with E-state index in [9.17, 15) is 14.7 Å². The van der Waals surface area contributed by atoms with Gasteiger partial charge in [0.25, 0.3) is 0 Å². The molecule has 1 amide bonds. The summed E-state index contributed by atoms with van der Waals surface area (Å²) in [6.07, 6.45) is -0.520. The molecule has 2 unspecified atom stereocenters. The Labute approximate surface area is 142 Å². The Morgan fingerprint density at radius 1 is 1.29 bits per heavy atom. The lowest BCUT2D eigenvalue weighted by Crippen LogP contribution is -2.47. The van der Waals surface area contributed by atoms with E-state index in [1.54, 1.807) is 18.2 Å². The summed E-state index contributed by atoms with van der Waals surface area (Å²) in [7, 11) is 1.34. The van der Waals surface area contributed by atoms with Crippen LogP contribution in [0.15, 0.2) is 24.3 Å². The Balaban J connectivity index is 2.06. The van der Waals surface area contributed by atoms with Gasteiger partial charge in [0, 0.05) is 12.5 Å². The molecule has 1 aliphatic rings. The third-order valence-electron chi connectivity index (χ3n) is 3.97. The summed E-state index contributed by atoms with van der Waals surface area (Å²) >= 11 is 0. The van der Waals surface area contributed by atoms with Gasteiger partial charge in [-0.15, -0.1) is 0 Å². The van der Waals surface area contributed by atoms with Crippen LogP contribution in [0.4, 0.5) is 4.79 Å². The van der Waals surface area contributed by atoms with Crippen LogP contribution in [0.25, 0.3) is 0 Å². The van der Waals surface area contributed by atoms with Crippen LogP contribution in [0, 0.1) is 0 Å². The Morgan fingerprint density at radius 2 is 2.00 bits per heavy atom. The van der Waals surface area contributed by atoms with Gasteiger partial charge in [0.2, 0.25) is 0 Å². The van der Waals surface area contributed by atoms with Crippen molar-refractivity contribution in [2.75, 3.05) is 20.2 Å². The summed E-state index contributed by atoms with van der Waals surface area (Å²) in [6, 6.07) is 7.07. The SMILES string of the molecule is COC(=O)c1cccc(C2CCN(C(=O)OC(C)(C)C)CC2O)c1. The maximum Gasteiger partial charge on any atom is 0.410 e. The molecule has 2 rings (SSSR count). The number of aliphatic hydroxyl groups is 1. The van der Waals surface area contributed by atoms with Crippen molar-refractivity contribution in [3.8, 4) is 0 Å². The second-order valence-corrected chi connectivity index (χ2v) is 7.01. The second-order valence-electron chi connectivity index (χ2n) is 7.01. The Morgan fingerprint density at radius 3 is 2.58 bits per heavy atom. The van der Waals surface area contributed by atoms with Crippen LogP contribution < -0.4 is 0 Å². The number of ether oxygens (including phenoxy) is 2. The number of carbonyl (C=O) groups is 2. The lowest BCUT2D eigenvalue weighted by atomic mass is 9.86. The van der Waals surface area contributed by atoms with Crippen LogP contribution in [-0.4, -0.2) is 54.0 Å². The molecule has 0 spiro atoms. The van der Waals surface area contributed by atoms with Crippen LogP contribution >= 0.6 is 0 Å². The number of benzene rings is 1. The number of piperidine rings is 1. The van der Waals surface area contributed by atoms with Gasteiger partial charge in [-0.1, -0.05) is 12.1 Å². The number of hydrogen-bond donors (Lipinski definition) is 1. The minimum atomic E-state index is -0.709. The number of esters is 1. The largest absolute Gasteiger partial charge is 0.465 e. The number of carbonyl (C=O) groups excluding carboxylic acids is 2. The number of β-amino-alcohol motifs (C(OH)–C–C–N with tert-alkyl or cyclic N) is 1. The smallest absolute Gasteiger partial charge is 0.410 e. The summed E-state index contributed by atoms with van der Waals surface area (Å²) in [5.41, 5.74) is 0.763. The van der Waals surface area contributed by atoms with Gasteiger partial charge in [0.05, 0.1) is 25.3 Å². The van der Waals surface area contributed by atoms with Crippen molar-refractivity contribution < 1.29 is 24.2 Å². The molecule has 6 nitrogen and oxygen atoms in total. The third kappa shape index (κ3) is 4.47. The predicted octanol–water partition coefficient (Wildman–Crippen LogP) is 2.56. The van der Waals surface area contributed by atoms with Crippen LogP contribution in [0.2, 0.25) is 0 Å². The number of methoxy groups -OCH3 is 1. The van der Waals surface area contributed by atoms with Crippen molar-refractivity contribution in [2.45, 2.75) is 44.8 Å². The fourth-order valence-electron chi connectivity index (χ4n) is 2.83. The van der Waals surface area contributed by atoms with Gasteiger partial charge in [-0.2, -0.15) is 0 Å². The zero-order chi connectivity index (χ0) is 17.9. The standard InChI is InChI=1S/C18H25NO5/c1-18(2,3)24-17(22)19-9-8-14(15(20)11-19)12-6-5-7-13(10-12)16(21)23-4/h5-7,10,14-15,20H,8-9,11H2,1-4H3. The molecule has 6 heteroatoms. The molecule has 1 N–H and O–H groups in total. The van der Waals surface area contributed by atoms with Gasteiger partial charge in [-0.3, -0.25) is 0 Å². The van der Waals surface area contributed by atoms with Crippen molar-refractivity contribution in [3.05, 3.63) is 35.4 Å². The van der Waals surface area contributed by atoms with E-state index in [1.807, 2.05) is 26.8 Å². The number of rotatable bonds is 2. The maximum atomic E-state index is 12.1. The van der Waals surface area contributed by atoms with Crippen LogP contribution in [0.1, 0.15) is 49.0 Å². The zero-order valence-electron chi connectivity index (χ0n) is 14.6. The van der Waals surface area contributed by atoms with Crippen molar-refractivity contribution >= 4 is 12.1 Å². The van der Waals surface area contributed by atoms with Gasteiger partial charge in [0.15, 0.2) is 0 Å². The number of nitrogens with zero attached hydrogens (tertiary/aromatic N) is 1. The van der Waals surface area contributed by atoms with E-state index in [0.29, 0.717) is 18.5 Å². The van der Waals surface area contributed by atoms with Gasteiger partial charge in [-0.25, -0.2) is 9.59 Å². The van der Waals surface area contributed by atoms with Crippen molar-refractivity contribution in [1.82, 2.24) is 4.90 Å². The summed E-state index contributed by atoms with van der Waals surface area (Å²) in [5, 5.41) is 10.5. The lowest BCUT2D eigenvalue weighted by molar-refractivity contribution is -0.00152. The highest BCUT2D eigenvalue weighted by atomic mass is 16.6. The fraction of sp³-hybridized carbons (Fsp3) is 0.556. The number of likely N-dealkylation sites (tertiary alicyclic amines) is 1. The maximum absolute atomic E-state index is 12.1. The van der Waals surface area contributed by atoms with Gasteiger partial charge < -0.3 is 19.5 Å². The summed E-state index contributed by atoms with van der Waals surface area (Å²) in [4.78, 5) is 25.3. The number of hydrogen-bond acceptors (Lipinski definition) is 5. The molecule has 1 heterocycles. The highest BCUT2D eigenvalue weighted by molar-refractivity contribution is 5.89. The molecule has 2 atom stereocenters. The number of amides is 1. The summed E-state index contributed by atoms with van der Waals surface area (Å²) < 4.78 is 10.1. The topological polar surface area (TPSA) is 76.1 Å². The van der Waals surface area contributed by atoms with E-state index in [1.165, 1.54) is 12.0 Å². The first-order valence-electron chi connectivity index (χ1n) is 8.05. The first-order chi connectivity index (χ1) is 11.2. The Hall–Kier alpha value is -2.08. The molecule has 1 aromatic rings. The summed E-state index contributed by atoms with van der Waals surface area (Å²) in [6.45, 7) is 6.15. The monoisotopic (exact) mass is 335 g/mol. The minimum Gasteiger partial charge on any atom is -0.465 e. The molecule has 0 bridgehead atoms. The molecule has 1 aliphatic heterocycles. The van der Waals surface area contributed by atoms with Crippen molar-refractivity contribution in [3.63, 3.8) is 0 Å². The van der Waals surface area contributed by atoms with E-state index in [2.05, 4.69) is 0 Å². The van der Waals surface area contributed by atoms with E-state index in [4.69, 9.17) is 9.47 Å². The predicted molar refractivity (Wildman–Crippen MR) is 89.0 cm³/mol. The highest BCUT2D eigenvalue weighted by Crippen LogP contribution is 2.29. The minimum absolute atomic E-state index is 0.131. The average Bonchev–Trinajstić information content (AvgIpc) is 2.52. The lowest BCUT2D eigenvalue weighted by Gasteiger charge is -2.37. The van der Waals surface area contributed by atoms with E-state index in [-0.39, 0.29) is 12.5 Å². The Bertz CT molecular complexity index is 608. The molecule has 24 heavy (non-hydrogen) atoms. The molecular formula is C18H25NO5. The average molecular weight is 335 g/mol. The fourth-order valence-corrected chi connectivity index (χ4v) is 2.83. The first-order valence-corrected chi connectivity index (χ1v) is 8.05. The third-order valence-corrected chi connectivity index (χ3v) is 3.97. The molecule has 1 aromatic carbocycles. The molecule has 132 valence electrons. The van der Waals surface area contributed by atoms with Crippen molar-refractivity contribution in [1.29, 1.82) is 0 Å². The molecule has 1 fully saturated rings. The second kappa shape index (κ2) is 7.21. The van der Waals surface area contributed by atoms with E-state index >= 15 is 0 Å². The van der Waals surface area contributed by atoms with E-state index in [0.717, 1.165) is 5.56 Å². The zero-order valence-corrected chi connectivity index (χ0v) is 14.6. The van der Waals surface area contributed by atoms with Crippen LogP contribution in [-0.2, 0) is 9.47 Å². The Kier molecular flexibility index (Phi) is 5.49. The van der Waals surface area contributed by atoms with Gasteiger partial charge in [-0.05, 0) is 44.9 Å².